The van der Waals surface area contributed by atoms with Crippen LogP contribution in [-0.4, -0.2) is 9.97 Å². The molecule has 80 valence electrons. The van der Waals surface area contributed by atoms with Crippen LogP contribution in [0.15, 0.2) is 27.0 Å². The molecular weight excluding hydrogens is 240 g/mol. The Morgan fingerprint density at radius 2 is 2.38 bits per heavy atom. The van der Waals surface area contributed by atoms with E-state index in [1.54, 1.807) is 12.3 Å². The topological polar surface area (TPSA) is 75.6 Å². The van der Waals surface area contributed by atoms with Crippen LogP contribution in [-0.2, 0) is 0 Å². The third kappa shape index (κ3) is 2.32. The van der Waals surface area contributed by atoms with Crippen LogP contribution in [0.4, 0.5) is 5.69 Å². The molecule has 0 spiro atoms. The summed E-state index contributed by atoms with van der Waals surface area (Å²) in [7, 11) is 0. The first-order valence-electron chi connectivity index (χ1n) is 4.44. The summed E-state index contributed by atoms with van der Waals surface area (Å²) >= 11 is 2.93. The van der Waals surface area contributed by atoms with Gasteiger partial charge in [-0.2, -0.15) is 5.26 Å². The summed E-state index contributed by atoms with van der Waals surface area (Å²) in [6.07, 6.45) is 1.55. The summed E-state index contributed by atoms with van der Waals surface area (Å²) in [6.45, 7) is 1.93. The minimum atomic E-state index is 0.484. The molecule has 2 aromatic rings. The maximum Gasteiger partial charge on any atom is 0.156 e. The van der Waals surface area contributed by atoms with Crippen LogP contribution in [0.2, 0.25) is 0 Å². The fourth-order valence-corrected chi connectivity index (χ4v) is 2.86. The predicted molar refractivity (Wildman–Crippen MR) is 64.3 cm³/mol. The van der Waals surface area contributed by atoms with Crippen LogP contribution in [0.5, 0.6) is 0 Å². The second kappa shape index (κ2) is 4.51. The van der Waals surface area contributed by atoms with Crippen LogP contribution in [0, 0.1) is 18.3 Å². The minimum Gasteiger partial charge on any atom is -0.397 e. The van der Waals surface area contributed by atoms with E-state index in [2.05, 4.69) is 16.0 Å². The van der Waals surface area contributed by atoms with Gasteiger partial charge in [0, 0.05) is 11.1 Å². The average Bonchev–Trinajstić information content (AvgIpc) is 2.67. The maximum absolute atomic E-state index is 8.95. The third-order valence-corrected chi connectivity index (χ3v) is 3.85. The first-order valence-corrected chi connectivity index (χ1v) is 6.14. The number of hydrogen-bond donors (Lipinski definition) is 1. The Balaban J connectivity index is 2.31. The van der Waals surface area contributed by atoms with Crippen molar-refractivity contribution in [1.29, 1.82) is 5.26 Å². The molecule has 16 heavy (non-hydrogen) atoms. The van der Waals surface area contributed by atoms with E-state index in [0.29, 0.717) is 16.3 Å². The molecule has 0 atom stereocenters. The number of nitrogens with two attached hydrogens (primary N) is 1. The van der Waals surface area contributed by atoms with Crippen molar-refractivity contribution in [1.82, 2.24) is 9.97 Å². The van der Waals surface area contributed by atoms with Gasteiger partial charge in [0.05, 0.1) is 17.4 Å². The van der Waals surface area contributed by atoms with E-state index in [1.165, 1.54) is 23.1 Å². The largest absolute Gasteiger partial charge is 0.397 e. The predicted octanol–water partition coefficient (Wildman–Crippen LogP) is 2.45. The highest BCUT2D eigenvalue weighted by molar-refractivity contribution is 8.01. The van der Waals surface area contributed by atoms with Crippen molar-refractivity contribution >= 4 is 28.8 Å². The number of aromatic nitrogens is 2. The Hall–Kier alpha value is -1.58. The number of nitrogen functional groups attached to an aromatic ring is 1. The number of thiazole rings is 1. The van der Waals surface area contributed by atoms with Gasteiger partial charge in [0.25, 0.3) is 0 Å². The van der Waals surface area contributed by atoms with Gasteiger partial charge in [-0.25, -0.2) is 9.97 Å². The fraction of sp³-hybridized carbons (Fsp3) is 0.100. The standard InChI is InChI=1S/C10H8N4S2/c1-6-5-15-10(14-6)16-9-7(3-11)2-8(12)4-13-9/h2,4-5H,12H2,1H3. The quantitative estimate of drug-likeness (QED) is 0.883. The number of hydrogen-bond acceptors (Lipinski definition) is 6. The molecule has 2 aromatic heterocycles. The number of aryl methyl sites for hydroxylation is 1. The highest BCUT2D eigenvalue weighted by Gasteiger charge is 2.08. The van der Waals surface area contributed by atoms with Gasteiger partial charge in [-0.05, 0) is 24.8 Å². The summed E-state index contributed by atoms with van der Waals surface area (Å²) in [5.74, 6) is 0. The average molecular weight is 248 g/mol. The van der Waals surface area contributed by atoms with Crippen molar-refractivity contribution in [2.24, 2.45) is 0 Å². The third-order valence-electron chi connectivity index (χ3n) is 1.77. The Morgan fingerprint density at radius 3 is 3.00 bits per heavy atom. The number of pyridine rings is 1. The molecule has 2 heterocycles. The van der Waals surface area contributed by atoms with Crippen LogP contribution in [0.3, 0.4) is 0 Å². The second-order valence-corrected chi connectivity index (χ2v) is 5.18. The Labute approximate surface area is 101 Å². The van der Waals surface area contributed by atoms with E-state index in [-0.39, 0.29) is 0 Å². The monoisotopic (exact) mass is 248 g/mol. The molecule has 0 aromatic carbocycles. The molecule has 6 heteroatoms. The minimum absolute atomic E-state index is 0.484. The molecule has 0 unspecified atom stereocenters. The van der Waals surface area contributed by atoms with Gasteiger partial charge in [-0.1, -0.05) is 0 Å². The summed E-state index contributed by atoms with van der Waals surface area (Å²) < 4.78 is 0.881. The molecule has 0 saturated carbocycles. The lowest BCUT2D eigenvalue weighted by Gasteiger charge is -2.00. The van der Waals surface area contributed by atoms with Crippen molar-refractivity contribution < 1.29 is 0 Å². The summed E-state index contributed by atoms with van der Waals surface area (Å²) in [5, 5.41) is 11.6. The number of rotatable bonds is 2. The van der Waals surface area contributed by atoms with Gasteiger partial charge in [0.1, 0.15) is 11.1 Å². The van der Waals surface area contributed by atoms with Gasteiger partial charge < -0.3 is 5.73 Å². The molecular formula is C10H8N4S2. The zero-order valence-electron chi connectivity index (χ0n) is 8.47. The Bertz CT molecular complexity index is 556. The van der Waals surface area contributed by atoms with Crippen molar-refractivity contribution in [2.45, 2.75) is 16.3 Å². The normalized spacial score (nSPS) is 10.0. The SMILES string of the molecule is Cc1csc(Sc2ncc(N)cc2C#N)n1. The Kier molecular flexibility index (Phi) is 3.08. The molecule has 2 rings (SSSR count). The maximum atomic E-state index is 8.95. The van der Waals surface area contributed by atoms with Crippen LogP contribution in [0.1, 0.15) is 11.3 Å². The summed E-state index contributed by atoms with van der Waals surface area (Å²) in [5.41, 5.74) is 7.52. The lowest BCUT2D eigenvalue weighted by molar-refractivity contribution is 1.10. The van der Waals surface area contributed by atoms with Crippen molar-refractivity contribution in [3.63, 3.8) is 0 Å². The van der Waals surface area contributed by atoms with E-state index in [0.717, 1.165) is 10.0 Å². The second-order valence-electron chi connectivity index (χ2n) is 3.09. The van der Waals surface area contributed by atoms with E-state index >= 15 is 0 Å². The van der Waals surface area contributed by atoms with Crippen LogP contribution < -0.4 is 5.73 Å². The van der Waals surface area contributed by atoms with E-state index in [9.17, 15) is 0 Å². The lowest BCUT2D eigenvalue weighted by atomic mass is 10.3. The smallest absolute Gasteiger partial charge is 0.156 e. The number of anilines is 1. The fourth-order valence-electron chi connectivity index (χ4n) is 1.09. The summed E-state index contributed by atoms with van der Waals surface area (Å²) in [4.78, 5) is 8.44. The zero-order chi connectivity index (χ0) is 11.5. The van der Waals surface area contributed by atoms with E-state index in [4.69, 9.17) is 11.0 Å². The molecule has 0 radical (unpaired) electrons. The van der Waals surface area contributed by atoms with Crippen LogP contribution >= 0.6 is 23.1 Å². The molecule has 0 saturated heterocycles. The number of nitriles is 1. The van der Waals surface area contributed by atoms with Crippen molar-refractivity contribution in [3.05, 3.63) is 28.9 Å². The molecule has 0 aliphatic rings. The summed E-state index contributed by atoms with van der Waals surface area (Å²) in [6, 6.07) is 3.70. The van der Waals surface area contributed by atoms with E-state index < -0.39 is 0 Å². The highest BCUT2D eigenvalue weighted by Crippen LogP contribution is 2.31. The van der Waals surface area contributed by atoms with Gasteiger partial charge in [-0.3, -0.25) is 0 Å². The highest BCUT2D eigenvalue weighted by atomic mass is 32.2. The molecule has 0 aliphatic carbocycles. The van der Waals surface area contributed by atoms with Crippen molar-refractivity contribution in [2.75, 3.05) is 5.73 Å². The van der Waals surface area contributed by atoms with Gasteiger partial charge in [-0.15, -0.1) is 11.3 Å². The molecule has 0 bridgehead atoms. The van der Waals surface area contributed by atoms with E-state index in [1.807, 2.05) is 12.3 Å². The molecule has 0 aliphatic heterocycles. The first-order chi connectivity index (χ1) is 7.69. The zero-order valence-corrected chi connectivity index (χ0v) is 10.1. The van der Waals surface area contributed by atoms with Gasteiger partial charge >= 0.3 is 0 Å². The molecule has 0 fully saturated rings. The number of nitrogens with zero attached hydrogens (tertiary/aromatic N) is 3. The molecule has 4 nitrogen and oxygen atoms in total. The first kappa shape index (κ1) is 10.9. The molecule has 0 amide bonds. The van der Waals surface area contributed by atoms with Crippen molar-refractivity contribution in [3.8, 4) is 6.07 Å². The molecule has 2 N–H and O–H groups in total. The lowest BCUT2D eigenvalue weighted by Crippen LogP contribution is -1.91. The van der Waals surface area contributed by atoms with Crippen LogP contribution in [0.25, 0.3) is 0 Å². The van der Waals surface area contributed by atoms with Gasteiger partial charge in [0.2, 0.25) is 0 Å². The van der Waals surface area contributed by atoms with Gasteiger partial charge in [0.15, 0.2) is 4.34 Å². The Morgan fingerprint density at radius 1 is 1.56 bits per heavy atom.